The number of carbonyl (C=O) groups excluding carboxylic acids is 2. The molecule has 2 aromatic carbocycles. The highest BCUT2D eigenvalue weighted by Gasteiger charge is 2.30. The summed E-state index contributed by atoms with van der Waals surface area (Å²) in [6.07, 6.45) is -4.43. The molecule has 1 fully saturated rings. The molecule has 33 heavy (non-hydrogen) atoms. The third-order valence-electron chi connectivity index (χ3n) is 5.88. The maximum atomic E-state index is 12.7. The Hall–Kier alpha value is -2.91. The number of hydrogen-bond acceptors (Lipinski definition) is 4. The summed E-state index contributed by atoms with van der Waals surface area (Å²) in [5.41, 5.74) is 0.735. The summed E-state index contributed by atoms with van der Waals surface area (Å²) in [5.74, 6) is -0.441. The van der Waals surface area contributed by atoms with Crippen molar-refractivity contribution in [2.45, 2.75) is 25.7 Å². The Kier molecular flexibility index (Phi) is 8.10. The van der Waals surface area contributed by atoms with E-state index in [0.29, 0.717) is 13.1 Å². The van der Waals surface area contributed by atoms with Crippen molar-refractivity contribution < 1.29 is 22.8 Å². The Balaban J connectivity index is 1.44. The van der Waals surface area contributed by atoms with Crippen molar-refractivity contribution in [3.63, 3.8) is 0 Å². The lowest BCUT2D eigenvalue weighted by atomic mass is 10.2. The van der Waals surface area contributed by atoms with E-state index in [1.807, 2.05) is 18.2 Å². The number of rotatable bonds is 7. The molecule has 1 aliphatic heterocycles. The number of carbonyl (C=O) groups is 2. The van der Waals surface area contributed by atoms with E-state index < -0.39 is 23.7 Å². The third-order valence-corrected chi connectivity index (χ3v) is 5.88. The van der Waals surface area contributed by atoms with Gasteiger partial charge in [0.1, 0.15) is 0 Å². The summed E-state index contributed by atoms with van der Waals surface area (Å²) in [4.78, 5) is 31.0. The van der Waals surface area contributed by atoms with Crippen LogP contribution in [0.3, 0.4) is 0 Å². The Morgan fingerprint density at radius 1 is 1.00 bits per heavy atom. The molecule has 0 unspecified atom stereocenters. The Bertz CT molecular complexity index is 927. The van der Waals surface area contributed by atoms with Crippen LogP contribution in [0.5, 0.6) is 0 Å². The topological polar surface area (TPSA) is 55.9 Å². The van der Waals surface area contributed by atoms with Gasteiger partial charge in [-0.2, -0.15) is 13.2 Å². The van der Waals surface area contributed by atoms with Crippen molar-refractivity contribution in [1.82, 2.24) is 14.7 Å². The molecule has 9 heteroatoms. The summed E-state index contributed by atoms with van der Waals surface area (Å²) < 4.78 is 38.0. The molecule has 0 bridgehead atoms. The maximum Gasteiger partial charge on any atom is 0.416 e. The second kappa shape index (κ2) is 10.8. The fourth-order valence-corrected chi connectivity index (χ4v) is 3.64. The zero-order valence-electron chi connectivity index (χ0n) is 18.8. The number of amides is 2. The molecule has 2 aromatic rings. The van der Waals surface area contributed by atoms with Gasteiger partial charge in [0.15, 0.2) is 0 Å². The molecule has 0 spiro atoms. The number of alkyl halides is 3. The standard InChI is InChI=1S/C24H29F3N4O2/c1-18(23(33)28-21-10-8-20(9-11-21)24(25,26)27)29(2)17-22(32)31-14-12-30(13-15-31)16-19-6-4-3-5-7-19/h3-11,18H,12-17H2,1-2H3,(H,28,33)/t18-/m0/s1. The highest BCUT2D eigenvalue weighted by Crippen LogP contribution is 2.29. The van der Waals surface area contributed by atoms with Gasteiger partial charge >= 0.3 is 6.18 Å². The Morgan fingerprint density at radius 2 is 1.61 bits per heavy atom. The van der Waals surface area contributed by atoms with Crippen LogP contribution in [0.25, 0.3) is 0 Å². The predicted octanol–water partition coefficient (Wildman–Crippen LogP) is 3.31. The first-order chi connectivity index (χ1) is 15.6. The average molecular weight is 463 g/mol. The number of likely N-dealkylation sites (N-methyl/N-ethyl adjacent to an activating group) is 1. The molecule has 1 N–H and O–H groups in total. The van der Waals surface area contributed by atoms with E-state index in [1.54, 1.807) is 23.8 Å². The molecule has 0 radical (unpaired) electrons. The van der Waals surface area contributed by atoms with Crippen LogP contribution in [0.4, 0.5) is 18.9 Å². The van der Waals surface area contributed by atoms with Crippen molar-refractivity contribution in [1.29, 1.82) is 0 Å². The van der Waals surface area contributed by atoms with Crippen molar-refractivity contribution in [3.8, 4) is 0 Å². The molecule has 0 saturated carbocycles. The lowest BCUT2D eigenvalue weighted by molar-refractivity contribution is -0.137. The van der Waals surface area contributed by atoms with E-state index in [2.05, 4.69) is 22.3 Å². The molecule has 1 heterocycles. The van der Waals surface area contributed by atoms with Crippen molar-refractivity contribution in [2.24, 2.45) is 0 Å². The van der Waals surface area contributed by atoms with Crippen LogP contribution in [0, 0.1) is 0 Å². The molecule has 1 saturated heterocycles. The third kappa shape index (κ3) is 7.03. The molecule has 6 nitrogen and oxygen atoms in total. The van der Waals surface area contributed by atoms with Crippen LogP contribution < -0.4 is 5.32 Å². The number of nitrogens with zero attached hydrogens (tertiary/aromatic N) is 3. The minimum atomic E-state index is -4.43. The lowest BCUT2D eigenvalue weighted by Gasteiger charge is -2.36. The van der Waals surface area contributed by atoms with Crippen LogP contribution in [0.1, 0.15) is 18.1 Å². The molecule has 0 aliphatic carbocycles. The zero-order valence-corrected chi connectivity index (χ0v) is 18.8. The number of nitrogens with one attached hydrogen (secondary N) is 1. The van der Waals surface area contributed by atoms with Gasteiger partial charge in [-0.25, -0.2) is 0 Å². The van der Waals surface area contributed by atoms with Gasteiger partial charge in [-0.15, -0.1) is 0 Å². The van der Waals surface area contributed by atoms with Gasteiger partial charge in [-0.1, -0.05) is 30.3 Å². The highest BCUT2D eigenvalue weighted by molar-refractivity contribution is 5.94. The number of anilines is 1. The Labute approximate surface area is 192 Å². The first-order valence-electron chi connectivity index (χ1n) is 10.9. The van der Waals surface area contributed by atoms with Gasteiger partial charge < -0.3 is 10.2 Å². The minimum Gasteiger partial charge on any atom is -0.339 e. The van der Waals surface area contributed by atoms with E-state index in [4.69, 9.17) is 0 Å². The summed E-state index contributed by atoms with van der Waals surface area (Å²) >= 11 is 0. The molecular weight excluding hydrogens is 433 g/mol. The van der Waals surface area contributed by atoms with Gasteiger partial charge in [0.2, 0.25) is 11.8 Å². The number of benzene rings is 2. The molecule has 178 valence electrons. The summed E-state index contributed by atoms with van der Waals surface area (Å²) in [6.45, 7) is 5.43. The van der Waals surface area contributed by atoms with Crippen LogP contribution in [0.15, 0.2) is 54.6 Å². The normalized spacial score (nSPS) is 16.0. The van der Waals surface area contributed by atoms with Gasteiger partial charge in [0, 0.05) is 38.4 Å². The first-order valence-corrected chi connectivity index (χ1v) is 10.9. The molecule has 0 aromatic heterocycles. The molecule has 3 rings (SSSR count). The summed E-state index contributed by atoms with van der Waals surface area (Å²) in [5, 5.41) is 2.60. The minimum absolute atomic E-state index is 0.0500. The lowest BCUT2D eigenvalue weighted by Crippen LogP contribution is -2.52. The van der Waals surface area contributed by atoms with E-state index >= 15 is 0 Å². The molecule has 1 atom stereocenters. The highest BCUT2D eigenvalue weighted by atomic mass is 19.4. The number of piperazine rings is 1. The molecular formula is C24H29F3N4O2. The fourth-order valence-electron chi connectivity index (χ4n) is 3.64. The van der Waals surface area contributed by atoms with Gasteiger partial charge in [-0.05, 0) is 43.8 Å². The quantitative estimate of drug-likeness (QED) is 0.686. The largest absolute Gasteiger partial charge is 0.416 e. The van der Waals surface area contributed by atoms with Crippen LogP contribution in [-0.2, 0) is 22.3 Å². The first kappa shape index (κ1) is 24.7. The van der Waals surface area contributed by atoms with Crippen LogP contribution in [0.2, 0.25) is 0 Å². The van der Waals surface area contributed by atoms with Gasteiger partial charge in [-0.3, -0.25) is 19.4 Å². The van der Waals surface area contributed by atoms with E-state index in [9.17, 15) is 22.8 Å². The second-order valence-corrected chi connectivity index (χ2v) is 8.30. The van der Waals surface area contributed by atoms with Crippen molar-refractivity contribution in [3.05, 3.63) is 65.7 Å². The van der Waals surface area contributed by atoms with Gasteiger partial charge in [0.25, 0.3) is 0 Å². The van der Waals surface area contributed by atoms with E-state index in [-0.39, 0.29) is 18.1 Å². The number of halogens is 3. The van der Waals surface area contributed by atoms with Crippen LogP contribution >= 0.6 is 0 Å². The zero-order chi connectivity index (χ0) is 24.0. The predicted molar refractivity (Wildman–Crippen MR) is 120 cm³/mol. The maximum absolute atomic E-state index is 12.7. The van der Waals surface area contributed by atoms with E-state index in [1.165, 1.54) is 17.7 Å². The molecule has 2 amide bonds. The monoisotopic (exact) mass is 462 g/mol. The van der Waals surface area contributed by atoms with Crippen molar-refractivity contribution >= 4 is 17.5 Å². The van der Waals surface area contributed by atoms with Crippen LogP contribution in [-0.4, -0.2) is 72.3 Å². The SMILES string of the molecule is C[C@@H](C(=O)Nc1ccc(C(F)(F)F)cc1)N(C)CC(=O)N1CCN(Cc2ccccc2)CC1. The molecule has 1 aliphatic rings. The smallest absolute Gasteiger partial charge is 0.339 e. The Morgan fingerprint density at radius 3 is 2.18 bits per heavy atom. The summed E-state index contributed by atoms with van der Waals surface area (Å²) in [6, 6.07) is 13.8. The van der Waals surface area contributed by atoms with E-state index in [0.717, 1.165) is 31.8 Å². The van der Waals surface area contributed by atoms with Gasteiger partial charge in [0.05, 0.1) is 18.2 Å². The van der Waals surface area contributed by atoms with Crippen molar-refractivity contribution in [2.75, 3.05) is 45.1 Å². The fraction of sp³-hybridized carbons (Fsp3) is 0.417. The second-order valence-electron chi connectivity index (χ2n) is 8.30. The number of hydrogen-bond donors (Lipinski definition) is 1. The summed E-state index contributed by atoms with van der Waals surface area (Å²) in [7, 11) is 1.68. The average Bonchev–Trinajstić information content (AvgIpc) is 2.79.